The fourth-order valence-electron chi connectivity index (χ4n) is 0.565. The molecule has 0 aliphatic carbocycles. The van der Waals surface area contributed by atoms with Crippen LogP contribution < -0.4 is 5.43 Å². The highest BCUT2D eigenvalue weighted by atomic mass is 19.1. The monoisotopic (exact) mass is 137 g/mol. The highest BCUT2D eigenvalue weighted by molar-refractivity contribution is 5.28. The van der Waals surface area contributed by atoms with Crippen LogP contribution in [-0.2, 0) is 0 Å². The summed E-state index contributed by atoms with van der Waals surface area (Å²) in [5, 5.41) is 0. The van der Waals surface area contributed by atoms with Crippen LogP contribution in [0.25, 0.3) is 0 Å². The Labute approximate surface area is 56.7 Å². The largest absolute Gasteiger partial charge is 0.364 e. The first-order chi connectivity index (χ1) is 4.75. The average molecular weight is 137 g/mol. The standard InChI is InChI=1S/C7H4FNO/c1-2-5-3-9-4-6(8)7(5)10/h1,3-4H,(H,9,10). The van der Waals surface area contributed by atoms with Crippen LogP contribution >= 0.6 is 0 Å². The van der Waals surface area contributed by atoms with E-state index >= 15 is 0 Å². The Hall–Kier alpha value is -1.56. The predicted octanol–water partition coefficient (Wildman–Crippen LogP) is 0.495. The molecular weight excluding hydrogens is 133 g/mol. The Morgan fingerprint density at radius 3 is 2.80 bits per heavy atom. The highest BCUT2D eigenvalue weighted by Crippen LogP contribution is 1.88. The number of halogens is 1. The van der Waals surface area contributed by atoms with E-state index in [0.29, 0.717) is 0 Å². The quantitative estimate of drug-likeness (QED) is 0.519. The average Bonchev–Trinajstić information content (AvgIpc) is 1.95. The molecule has 1 aromatic heterocycles. The lowest BCUT2D eigenvalue weighted by Crippen LogP contribution is -2.09. The normalized spacial score (nSPS) is 8.80. The maximum atomic E-state index is 12.3. The lowest BCUT2D eigenvalue weighted by Gasteiger charge is -1.87. The SMILES string of the molecule is C#Cc1c[nH]cc(F)c1=O. The van der Waals surface area contributed by atoms with E-state index in [4.69, 9.17) is 6.42 Å². The van der Waals surface area contributed by atoms with Gasteiger partial charge in [0.1, 0.15) is 0 Å². The van der Waals surface area contributed by atoms with E-state index in [1.165, 1.54) is 6.20 Å². The molecule has 0 amide bonds. The molecular formula is C7H4FNO. The molecule has 3 heteroatoms. The van der Waals surface area contributed by atoms with Crippen molar-refractivity contribution >= 4 is 0 Å². The van der Waals surface area contributed by atoms with E-state index in [1.54, 1.807) is 0 Å². The van der Waals surface area contributed by atoms with Gasteiger partial charge >= 0.3 is 0 Å². The van der Waals surface area contributed by atoms with Crippen LogP contribution in [0, 0.1) is 18.2 Å². The summed E-state index contributed by atoms with van der Waals surface area (Å²) in [4.78, 5) is 13.1. The fraction of sp³-hybridized carbons (Fsp3) is 0. The van der Waals surface area contributed by atoms with E-state index in [0.717, 1.165) is 6.20 Å². The molecule has 0 fully saturated rings. The number of pyridine rings is 1. The Balaban J connectivity index is 3.47. The number of hydrogen-bond acceptors (Lipinski definition) is 1. The molecule has 10 heavy (non-hydrogen) atoms. The van der Waals surface area contributed by atoms with Gasteiger partial charge in [-0.15, -0.1) is 6.42 Å². The zero-order chi connectivity index (χ0) is 7.56. The lowest BCUT2D eigenvalue weighted by molar-refractivity contribution is 0.610. The molecule has 0 atom stereocenters. The van der Waals surface area contributed by atoms with Gasteiger partial charge in [0.05, 0.1) is 5.56 Å². The molecule has 0 radical (unpaired) electrons. The first-order valence-corrected chi connectivity index (χ1v) is 2.59. The summed E-state index contributed by atoms with van der Waals surface area (Å²) < 4.78 is 12.3. The predicted molar refractivity (Wildman–Crippen MR) is 35.0 cm³/mol. The Morgan fingerprint density at radius 1 is 1.60 bits per heavy atom. The van der Waals surface area contributed by atoms with Gasteiger partial charge in [-0.2, -0.15) is 0 Å². The Morgan fingerprint density at radius 2 is 2.30 bits per heavy atom. The van der Waals surface area contributed by atoms with Crippen LogP contribution in [-0.4, -0.2) is 4.98 Å². The van der Waals surface area contributed by atoms with Crippen LogP contribution in [0.5, 0.6) is 0 Å². The molecule has 0 aliphatic heterocycles. The van der Waals surface area contributed by atoms with Crippen molar-refractivity contribution in [2.24, 2.45) is 0 Å². The van der Waals surface area contributed by atoms with Crippen molar-refractivity contribution in [3.63, 3.8) is 0 Å². The van der Waals surface area contributed by atoms with Crippen molar-refractivity contribution < 1.29 is 4.39 Å². The molecule has 1 N–H and O–H groups in total. The van der Waals surface area contributed by atoms with E-state index in [9.17, 15) is 9.18 Å². The minimum Gasteiger partial charge on any atom is -0.364 e. The summed E-state index contributed by atoms with van der Waals surface area (Å²) in [6.07, 6.45) is 7.13. The van der Waals surface area contributed by atoms with Crippen molar-refractivity contribution in [3.05, 3.63) is 34.0 Å². The van der Waals surface area contributed by atoms with Gasteiger partial charge in [0.25, 0.3) is 0 Å². The fourth-order valence-corrected chi connectivity index (χ4v) is 0.565. The van der Waals surface area contributed by atoms with Gasteiger partial charge in [-0.25, -0.2) is 4.39 Å². The zero-order valence-electron chi connectivity index (χ0n) is 5.02. The first kappa shape index (κ1) is 6.56. The molecule has 0 spiro atoms. The van der Waals surface area contributed by atoms with Gasteiger partial charge in [0.2, 0.25) is 5.43 Å². The highest BCUT2D eigenvalue weighted by Gasteiger charge is 1.99. The lowest BCUT2D eigenvalue weighted by atomic mass is 10.3. The summed E-state index contributed by atoms with van der Waals surface area (Å²) in [7, 11) is 0. The third-order valence-electron chi connectivity index (χ3n) is 1.05. The summed E-state index contributed by atoms with van der Waals surface area (Å²) in [5.74, 6) is 1.20. The van der Waals surface area contributed by atoms with Crippen LogP contribution in [0.2, 0.25) is 0 Å². The van der Waals surface area contributed by atoms with Gasteiger partial charge in [0.15, 0.2) is 5.82 Å². The molecule has 1 rings (SSSR count). The third kappa shape index (κ3) is 0.914. The Kier molecular flexibility index (Phi) is 1.55. The second-order valence-electron chi connectivity index (χ2n) is 1.69. The number of rotatable bonds is 0. The minimum atomic E-state index is -0.851. The molecule has 0 aromatic carbocycles. The van der Waals surface area contributed by atoms with Crippen molar-refractivity contribution in [1.82, 2.24) is 4.98 Å². The van der Waals surface area contributed by atoms with E-state index in [-0.39, 0.29) is 5.56 Å². The van der Waals surface area contributed by atoms with Crippen molar-refractivity contribution in [2.75, 3.05) is 0 Å². The molecule has 0 saturated carbocycles. The van der Waals surface area contributed by atoms with Crippen molar-refractivity contribution in [1.29, 1.82) is 0 Å². The molecule has 0 aliphatic rings. The van der Waals surface area contributed by atoms with Gasteiger partial charge in [-0.3, -0.25) is 4.79 Å². The van der Waals surface area contributed by atoms with Crippen LogP contribution in [0.1, 0.15) is 5.56 Å². The number of nitrogens with one attached hydrogen (secondary N) is 1. The van der Waals surface area contributed by atoms with Crippen LogP contribution in [0.3, 0.4) is 0 Å². The summed E-state index contributed by atoms with van der Waals surface area (Å²) in [5.41, 5.74) is -0.721. The molecule has 1 aromatic rings. The third-order valence-corrected chi connectivity index (χ3v) is 1.05. The van der Waals surface area contributed by atoms with E-state index in [1.807, 2.05) is 0 Å². The topological polar surface area (TPSA) is 32.9 Å². The van der Waals surface area contributed by atoms with Crippen molar-refractivity contribution in [3.8, 4) is 12.3 Å². The number of H-pyrrole nitrogens is 1. The Bertz CT molecular complexity index is 334. The molecule has 1 heterocycles. The van der Waals surface area contributed by atoms with E-state index < -0.39 is 11.2 Å². The summed E-state index contributed by atoms with van der Waals surface area (Å²) in [6.45, 7) is 0. The summed E-state index contributed by atoms with van der Waals surface area (Å²) in [6, 6.07) is 0. The van der Waals surface area contributed by atoms with Crippen molar-refractivity contribution in [2.45, 2.75) is 0 Å². The van der Waals surface area contributed by atoms with Gasteiger partial charge < -0.3 is 4.98 Å². The molecule has 0 saturated heterocycles. The maximum Gasteiger partial charge on any atom is 0.232 e. The molecule has 0 bridgehead atoms. The van der Waals surface area contributed by atoms with E-state index in [2.05, 4.69) is 10.9 Å². The minimum absolute atomic E-state index is 0.0139. The second kappa shape index (κ2) is 2.36. The van der Waals surface area contributed by atoms with Gasteiger partial charge in [0, 0.05) is 12.4 Å². The van der Waals surface area contributed by atoms with Crippen LogP contribution in [0.15, 0.2) is 17.2 Å². The number of hydrogen-bond donors (Lipinski definition) is 1. The van der Waals surface area contributed by atoms with Gasteiger partial charge in [-0.05, 0) is 0 Å². The summed E-state index contributed by atoms with van der Waals surface area (Å²) >= 11 is 0. The number of terminal acetylenes is 1. The number of aromatic nitrogens is 1. The maximum absolute atomic E-state index is 12.3. The first-order valence-electron chi connectivity index (χ1n) is 2.59. The smallest absolute Gasteiger partial charge is 0.232 e. The van der Waals surface area contributed by atoms with Crippen LogP contribution in [0.4, 0.5) is 4.39 Å². The van der Waals surface area contributed by atoms with Gasteiger partial charge in [-0.1, -0.05) is 5.92 Å². The molecule has 50 valence electrons. The molecule has 0 unspecified atom stereocenters. The second-order valence-corrected chi connectivity index (χ2v) is 1.69. The number of aromatic amines is 1. The molecule has 2 nitrogen and oxygen atoms in total. The zero-order valence-corrected chi connectivity index (χ0v) is 5.02.